The van der Waals surface area contributed by atoms with Crippen LogP contribution in [0.15, 0.2) is 24.3 Å². The van der Waals surface area contributed by atoms with Crippen LogP contribution in [0, 0.1) is 0 Å². The molecular weight excluding hydrogens is 240 g/mol. The van der Waals surface area contributed by atoms with Crippen molar-refractivity contribution in [2.24, 2.45) is 0 Å². The lowest BCUT2D eigenvalue weighted by atomic mass is 10.2. The van der Waals surface area contributed by atoms with Gasteiger partial charge in [-0.15, -0.1) is 0 Å². The molecule has 17 heavy (non-hydrogen) atoms. The first-order chi connectivity index (χ1) is 8.13. The van der Waals surface area contributed by atoms with Crippen LogP contribution in [-0.2, 0) is 0 Å². The second kappa shape index (κ2) is 6.80. The molecule has 0 heterocycles. The SMILES string of the molecule is CSCCNC(=O)Nc1ccc(C(=O)O)cc1. The van der Waals surface area contributed by atoms with Crippen molar-refractivity contribution in [1.82, 2.24) is 5.32 Å². The molecule has 0 aliphatic carbocycles. The van der Waals surface area contributed by atoms with Crippen LogP contribution in [0.3, 0.4) is 0 Å². The molecule has 6 heteroatoms. The number of hydrogen-bond acceptors (Lipinski definition) is 3. The van der Waals surface area contributed by atoms with Crippen molar-refractivity contribution >= 4 is 29.4 Å². The van der Waals surface area contributed by atoms with Gasteiger partial charge in [0.25, 0.3) is 0 Å². The first kappa shape index (κ1) is 13.4. The van der Waals surface area contributed by atoms with Crippen LogP contribution in [0.1, 0.15) is 10.4 Å². The molecular formula is C11H14N2O3S. The van der Waals surface area contributed by atoms with E-state index in [9.17, 15) is 9.59 Å². The molecule has 5 nitrogen and oxygen atoms in total. The fourth-order valence-corrected chi connectivity index (χ4v) is 1.44. The van der Waals surface area contributed by atoms with E-state index in [-0.39, 0.29) is 11.6 Å². The minimum Gasteiger partial charge on any atom is -0.478 e. The summed E-state index contributed by atoms with van der Waals surface area (Å²) in [7, 11) is 0. The van der Waals surface area contributed by atoms with E-state index in [2.05, 4.69) is 10.6 Å². The van der Waals surface area contributed by atoms with Gasteiger partial charge in [-0.3, -0.25) is 0 Å². The Kier molecular flexibility index (Phi) is 5.35. The van der Waals surface area contributed by atoms with Gasteiger partial charge in [0.1, 0.15) is 0 Å². The zero-order valence-corrected chi connectivity index (χ0v) is 10.2. The van der Waals surface area contributed by atoms with Crippen LogP contribution >= 0.6 is 11.8 Å². The van der Waals surface area contributed by atoms with E-state index >= 15 is 0 Å². The molecule has 0 fully saturated rings. The zero-order valence-electron chi connectivity index (χ0n) is 9.40. The average Bonchev–Trinajstić information content (AvgIpc) is 2.30. The summed E-state index contributed by atoms with van der Waals surface area (Å²) in [4.78, 5) is 22.0. The Bertz CT molecular complexity index is 392. The molecule has 2 amide bonds. The summed E-state index contributed by atoms with van der Waals surface area (Å²) >= 11 is 1.65. The molecule has 0 aromatic heterocycles. The number of hydrogen-bond donors (Lipinski definition) is 3. The van der Waals surface area contributed by atoms with Crippen molar-refractivity contribution in [2.75, 3.05) is 23.9 Å². The van der Waals surface area contributed by atoms with E-state index in [1.807, 2.05) is 6.26 Å². The zero-order chi connectivity index (χ0) is 12.7. The maximum Gasteiger partial charge on any atom is 0.335 e. The Morgan fingerprint density at radius 3 is 2.47 bits per heavy atom. The fourth-order valence-electron chi connectivity index (χ4n) is 1.14. The summed E-state index contributed by atoms with van der Waals surface area (Å²) in [5, 5.41) is 14.0. The Hall–Kier alpha value is -1.69. The van der Waals surface area contributed by atoms with Crippen molar-refractivity contribution in [3.8, 4) is 0 Å². The molecule has 92 valence electrons. The summed E-state index contributed by atoms with van der Waals surface area (Å²) in [6.45, 7) is 0.597. The highest BCUT2D eigenvalue weighted by Gasteiger charge is 2.03. The van der Waals surface area contributed by atoms with E-state index in [0.29, 0.717) is 12.2 Å². The first-order valence-corrected chi connectivity index (χ1v) is 6.40. The van der Waals surface area contributed by atoms with Crippen molar-refractivity contribution in [2.45, 2.75) is 0 Å². The summed E-state index contributed by atoms with van der Waals surface area (Å²) < 4.78 is 0. The third-order valence-corrected chi connectivity index (χ3v) is 2.59. The Balaban J connectivity index is 2.46. The number of carboxylic acids is 1. The fraction of sp³-hybridized carbons (Fsp3) is 0.273. The minimum atomic E-state index is -0.985. The monoisotopic (exact) mass is 254 g/mol. The lowest BCUT2D eigenvalue weighted by Gasteiger charge is -2.06. The second-order valence-electron chi connectivity index (χ2n) is 3.26. The maximum atomic E-state index is 11.4. The molecule has 0 saturated heterocycles. The first-order valence-electron chi connectivity index (χ1n) is 5.00. The molecule has 0 aliphatic heterocycles. The van der Waals surface area contributed by atoms with Crippen LogP contribution in [-0.4, -0.2) is 35.7 Å². The van der Waals surface area contributed by atoms with E-state index < -0.39 is 5.97 Å². The van der Waals surface area contributed by atoms with Crippen molar-refractivity contribution in [3.63, 3.8) is 0 Å². The lowest BCUT2D eigenvalue weighted by molar-refractivity contribution is 0.0697. The number of rotatable bonds is 5. The summed E-state index contributed by atoms with van der Waals surface area (Å²) in [6.07, 6.45) is 1.96. The number of thioether (sulfide) groups is 1. The molecule has 0 spiro atoms. The van der Waals surface area contributed by atoms with Crippen molar-refractivity contribution in [3.05, 3.63) is 29.8 Å². The topological polar surface area (TPSA) is 78.4 Å². The quantitative estimate of drug-likeness (QED) is 0.701. The van der Waals surface area contributed by atoms with Crippen molar-refractivity contribution in [1.29, 1.82) is 0 Å². The third kappa shape index (κ3) is 4.78. The smallest absolute Gasteiger partial charge is 0.335 e. The normalized spacial score (nSPS) is 9.71. The van der Waals surface area contributed by atoms with E-state index in [4.69, 9.17) is 5.11 Å². The Morgan fingerprint density at radius 2 is 1.94 bits per heavy atom. The number of carboxylic acid groups (broad SMARTS) is 1. The number of urea groups is 1. The number of nitrogens with one attached hydrogen (secondary N) is 2. The van der Waals surface area contributed by atoms with Gasteiger partial charge >= 0.3 is 12.0 Å². The summed E-state index contributed by atoms with van der Waals surface area (Å²) in [5.74, 6) is -0.133. The van der Waals surface area contributed by atoms with E-state index in [1.54, 1.807) is 23.9 Å². The molecule has 0 radical (unpaired) electrons. The molecule has 3 N–H and O–H groups in total. The Morgan fingerprint density at radius 1 is 1.29 bits per heavy atom. The number of carbonyl (C=O) groups is 2. The summed E-state index contributed by atoms with van der Waals surface area (Å²) in [6, 6.07) is 5.71. The largest absolute Gasteiger partial charge is 0.478 e. The molecule has 1 aromatic rings. The van der Waals surface area contributed by atoms with Gasteiger partial charge in [-0.05, 0) is 30.5 Å². The highest BCUT2D eigenvalue weighted by molar-refractivity contribution is 7.98. The summed E-state index contributed by atoms with van der Waals surface area (Å²) in [5.41, 5.74) is 0.759. The second-order valence-corrected chi connectivity index (χ2v) is 4.24. The molecule has 0 saturated carbocycles. The number of anilines is 1. The van der Waals surface area contributed by atoms with Gasteiger partial charge in [0, 0.05) is 18.0 Å². The third-order valence-electron chi connectivity index (χ3n) is 1.98. The van der Waals surface area contributed by atoms with Crippen LogP contribution in [0.25, 0.3) is 0 Å². The van der Waals surface area contributed by atoms with Gasteiger partial charge in [0.2, 0.25) is 0 Å². The average molecular weight is 254 g/mol. The molecule has 0 unspecified atom stereocenters. The number of aromatic carboxylic acids is 1. The molecule has 0 bridgehead atoms. The molecule has 0 atom stereocenters. The number of carbonyl (C=O) groups excluding carboxylic acids is 1. The predicted octanol–water partition coefficient (Wildman–Crippen LogP) is 1.87. The van der Waals surface area contributed by atoms with Crippen molar-refractivity contribution < 1.29 is 14.7 Å². The number of benzene rings is 1. The highest BCUT2D eigenvalue weighted by Crippen LogP contribution is 2.09. The number of amides is 2. The van der Waals surface area contributed by atoms with Gasteiger partial charge in [-0.25, -0.2) is 9.59 Å². The van der Waals surface area contributed by atoms with Crippen LogP contribution < -0.4 is 10.6 Å². The Labute approximate surface area is 104 Å². The lowest BCUT2D eigenvalue weighted by Crippen LogP contribution is -2.30. The van der Waals surface area contributed by atoms with Crippen LogP contribution in [0.2, 0.25) is 0 Å². The van der Waals surface area contributed by atoms with Gasteiger partial charge in [-0.1, -0.05) is 0 Å². The van der Waals surface area contributed by atoms with Crippen LogP contribution in [0.5, 0.6) is 0 Å². The maximum absolute atomic E-state index is 11.4. The van der Waals surface area contributed by atoms with E-state index in [1.165, 1.54) is 12.1 Å². The standard InChI is InChI=1S/C11H14N2O3S/c1-17-7-6-12-11(16)13-9-4-2-8(3-5-9)10(14)15/h2-5H,6-7H2,1H3,(H,14,15)(H2,12,13,16). The van der Waals surface area contributed by atoms with E-state index in [0.717, 1.165) is 5.75 Å². The molecule has 1 rings (SSSR count). The highest BCUT2D eigenvalue weighted by atomic mass is 32.2. The van der Waals surface area contributed by atoms with Gasteiger partial charge < -0.3 is 15.7 Å². The van der Waals surface area contributed by atoms with Crippen LogP contribution in [0.4, 0.5) is 10.5 Å². The molecule has 0 aliphatic rings. The van der Waals surface area contributed by atoms with Gasteiger partial charge in [-0.2, -0.15) is 11.8 Å². The van der Waals surface area contributed by atoms with Gasteiger partial charge in [0.15, 0.2) is 0 Å². The predicted molar refractivity (Wildman–Crippen MR) is 68.8 cm³/mol. The van der Waals surface area contributed by atoms with Gasteiger partial charge in [0.05, 0.1) is 5.56 Å². The minimum absolute atomic E-state index is 0.193. The molecule has 1 aromatic carbocycles.